The standard InChI is InChI=1S/C18H27ClN4O4S/c1-3-27-17(24)14-7-11-23(12-8-14)18(20-2)21-9-10-22-28(25,26)16-6-4-5-15(19)13-16/h4-6,13-14,22H,3,7-12H2,1-2H3,(H,20,21). The lowest BCUT2D eigenvalue weighted by molar-refractivity contribution is -0.149. The fraction of sp³-hybridized carbons (Fsp3) is 0.556. The number of sulfonamides is 1. The van der Waals surface area contributed by atoms with E-state index in [0.29, 0.717) is 50.1 Å². The van der Waals surface area contributed by atoms with Crippen molar-refractivity contribution in [1.82, 2.24) is 14.9 Å². The van der Waals surface area contributed by atoms with E-state index >= 15 is 0 Å². The smallest absolute Gasteiger partial charge is 0.309 e. The van der Waals surface area contributed by atoms with Crippen molar-refractivity contribution in [3.05, 3.63) is 29.3 Å². The third-order valence-corrected chi connectivity index (χ3v) is 6.13. The van der Waals surface area contributed by atoms with Gasteiger partial charge in [0.1, 0.15) is 0 Å². The van der Waals surface area contributed by atoms with E-state index in [0.717, 1.165) is 0 Å². The molecular weight excluding hydrogens is 404 g/mol. The maximum absolute atomic E-state index is 12.3. The Hall–Kier alpha value is -1.84. The van der Waals surface area contributed by atoms with Crippen LogP contribution in [0, 0.1) is 5.92 Å². The van der Waals surface area contributed by atoms with Crippen molar-refractivity contribution in [2.75, 3.05) is 39.8 Å². The van der Waals surface area contributed by atoms with E-state index in [2.05, 4.69) is 19.9 Å². The summed E-state index contributed by atoms with van der Waals surface area (Å²) in [5.41, 5.74) is 0. The van der Waals surface area contributed by atoms with Gasteiger partial charge in [-0.2, -0.15) is 0 Å². The predicted molar refractivity (Wildman–Crippen MR) is 109 cm³/mol. The minimum atomic E-state index is -3.61. The van der Waals surface area contributed by atoms with Crippen molar-refractivity contribution in [2.24, 2.45) is 10.9 Å². The molecule has 10 heteroatoms. The Balaban J connectivity index is 1.78. The summed E-state index contributed by atoms with van der Waals surface area (Å²) in [6.07, 6.45) is 1.42. The third kappa shape index (κ3) is 6.35. The highest BCUT2D eigenvalue weighted by molar-refractivity contribution is 7.89. The molecule has 0 atom stereocenters. The van der Waals surface area contributed by atoms with Gasteiger partial charge in [-0.3, -0.25) is 9.79 Å². The Kier molecular flexibility index (Phi) is 8.53. The Bertz CT molecular complexity index is 793. The molecule has 1 aromatic carbocycles. The van der Waals surface area contributed by atoms with Crippen LogP contribution in [0.5, 0.6) is 0 Å². The van der Waals surface area contributed by atoms with Crippen LogP contribution < -0.4 is 10.0 Å². The second-order valence-corrected chi connectivity index (χ2v) is 8.55. The molecule has 2 N–H and O–H groups in total. The molecular formula is C18H27ClN4O4S. The molecule has 8 nitrogen and oxygen atoms in total. The van der Waals surface area contributed by atoms with Crippen LogP contribution in [0.4, 0.5) is 0 Å². The number of esters is 1. The molecule has 1 heterocycles. The van der Waals surface area contributed by atoms with Crippen LogP contribution in [0.15, 0.2) is 34.2 Å². The number of carbonyl (C=O) groups excluding carboxylic acids is 1. The SMILES string of the molecule is CCOC(=O)C1CCN(C(=NC)NCCNS(=O)(=O)c2cccc(Cl)c2)CC1. The number of likely N-dealkylation sites (tertiary alicyclic amines) is 1. The zero-order valence-corrected chi connectivity index (χ0v) is 17.7. The van der Waals surface area contributed by atoms with Gasteiger partial charge in [-0.1, -0.05) is 17.7 Å². The van der Waals surface area contributed by atoms with E-state index in [-0.39, 0.29) is 23.3 Å². The quantitative estimate of drug-likeness (QED) is 0.294. The lowest BCUT2D eigenvalue weighted by Gasteiger charge is -2.33. The number of halogens is 1. The maximum atomic E-state index is 12.3. The second-order valence-electron chi connectivity index (χ2n) is 6.34. The van der Waals surface area contributed by atoms with Gasteiger partial charge in [0.2, 0.25) is 10.0 Å². The summed E-state index contributed by atoms with van der Waals surface area (Å²) in [5.74, 6) is 0.476. The van der Waals surface area contributed by atoms with Crippen LogP contribution in [0.1, 0.15) is 19.8 Å². The van der Waals surface area contributed by atoms with Crippen molar-refractivity contribution in [3.63, 3.8) is 0 Å². The molecule has 0 bridgehead atoms. The topological polar surface area (TPSA) is 100 Å². The molecule has 0 saturated carbocycles. The molecule has 0 aromatic heterocycles. The minimum absolute atomic E-state index is 0.0705. The monoisotopic (exact) mass is 430 g/mol. The first-order valence-corrected chi connectivity index (χ1v) is 11.1. The summed E-state index contributed by atoms with van der Waals surface area (Å²) in [5, 5.41) is 3.52. The number of rotatable bonds is 7. The first-order chi connectivity index (χ1) is 13.4. The number of guanidine groups is 1. The van der Waals surface area contributed by atoms with Crippen LogP contribution in [0.3, 0.4) is 0 Å². The second kappa shape index (κ2) is 10.6. The van der Waals surface area contributed by atoms with Crippen molar-refractivity contribution in [2.45, 2.75) is 24.7 Å². The average Bonchev–Trinajstić information content (AvgIpc) is 2.68. The van der Waals surface area contributed by atoms with Crippen LogP contribution in [-0.4, -0.2) is 65.1 Å². The zero-order valence-electron chi connectivity index (χ0n) is 16.2. The number of nitrogens with one attached hydrogen (secondary N) is 2. The molecule has 1 aliphatic heterocycles. The summed E-state index contributed by atoms with van der Waals surface area (Å²) >= 11 is 5.85. The predicted octanol–water partition coefficient (Wildman–Crippen LogP) is 1.47. The fourth-order valence-corrected chi connectivity index (χ4v) is 4.33. The minimum Gasteiger partial charge on any atom is -0.466 e. The largest absolute Gasteiger partial charge is 0.466 e. The first kappa shape index (κ1) is 22.4. The molecule has 0 aliphatic carbocycles. The molecule has 0 spiro atoms. The molecule has 1 fully saturated rings. The Morgan fingerprint density at radius 3 is 2.64 bits per heavy atom. The van der Waals surface area contributed by atoms with Gasteiger partial charge in [-0.15, -0.1) is 0 Å². The molecule has 1 aliphatic rings. The van der Waals surface area contributed by atoms with Crippen molar-refractivity contribution >= 4 is 33.6 Å². The van der Waals surface area contributed by atoms with Gasteiger partial charge in [0.05, 0.1) is 17.4 Å². The summed E-state index contributed by atoms with van der Waals surface area (Å²) < 4.78 is 32.2. The van der Waals surface area contributed by atoms with Crippen LogP contribution >= 0.6 is 11.6 Å². The molecule has 156 valence electrons. The Morgan fingerprint density at radius 1 is 1.32 bits per heavy atom. The van der Waals surface area contributed by atoms with Crippen LogP contribution in [-0.2, 0) is 19.6 Å². The lowest BCUT2D eigenvalue weighted by atomic mass is 9.97. The van der Waals surface area contributed by atoms with E-state index in [1.54, 1.807) is 26.1 Å². The molecule has 1 aromatic rings. The van der Waals surface area contributed by atoms with Gasteiger partial charge in [0.15, 0.2) is 5.96 Å². The highest BCUT2D eigenvalue weighted by Gasteiger charge is 2.27. The number of aliphatic imine (C=N–C) groups is 1. The Morgan fingerprint density at radius 2 is 2.04 bits per heavy atom. The molecule has 28 heavy (non-hydrogen) atoms. The van der Waals surface area contributed by atoms with E-state index in [4.69, 9.17) is 16.3 Å². The van der Waals surface area contributed by atoms with Gasteiger partial charge in [-0.25, -0.2) is 13.1 Å². The van der Waals surface area contributed by atoms with Crippen molar-refractivity contribution in [3.8, 4) is 0 Å². The van der Waals surface area contributed by atoms with Gasteiger partial charge in [-0.05, 0) is 38.0 Å². The number of benzene rings is 1. The Labute approximate surface area is 171 Å². The number of hydrogen-bond acceptors (Lipinski definition) is 5. The molecule has 2 rings (SSSR count). The number of nitrogens with zero attached hydrogens (tertiary/aromatic N) is 2. The summed E-state index contributed by atoms with van der Waals surface area (Å²) in [6, 6.07) is 6.12. The van der Waals surface area contributed by atoms with E-state index in [9.17, 15) is 13.2 Å². The van der Waals surface area contributed by atoms with E-state index in [1.165, 1.54) is 12.1 Å². The highest BCUT2D eigenvalue weighted by atomic mass is 35.5. The van der Waals surface area contributed by atoms with Gasteiger partial charge in [0, 0.05) is 38.2 Å². The van der Waals surface area contributed by atoms with Gasteiger partial charge >= 0.3 is 5.97 Å². The highest BCUT2D eigenvalue weighted by Crippen LogP contribution is 2.18. The molecule has 0 amide bonds. The van der Waals surface area contributed by atoms with E-state index in [1.807, 2.05) is 0 Å². The molecule has 0 radical (unpaired) electrons. The lowest BCUT2D eigenvalue weighted by Crippen LogP contribution is -2.48. The maximum Gasteiger partial charge on any atom is 0.309 e. The van der Waals surface area contributed by atoms with Gasteiger partial charge in [0.25, 0.3) is 0 Å². The van der Waals surface area contributed by atoms with Crippen LogP contribution in [0.2, 0.25) is 5.02 Å². The summed E-state index contributed by atoms with van der Waals surface area (Å²) in [6.45, 7) is 4.17. The molecule has 1 saturated heterocycles. The fourth-order valence-electron chi connectivity index (χ4n) is 3.00. The van der Waals surface area contributed by atoms with Gasteiger partial charge < -0.3 is 15.0 Å². The zero-order chi connectivity index (χ0) is 20.6. The van der Waals surface area contributed by atoms with Crippen LogP contribution in [0.25, 0.3) is 0 Å². The third-order valence-electron chi connectivity index (χ3n) is 4.43. The van der Waals surface area contributed by atoms with E-state index < -0.39 is 10.0 Å². The average molecular weight is 431 g/mol. The summed E-state index contributed by atoms with van der Waals surface area (Å²) in [4.78, 5) is 18.3. The van der Waals surface area contributed by atoms with Crippen molar-refractivity contribution < 1.29 is 17.9 Å². The number of ether oxygens (including phenoxy) is 1. The number of carbonyl (C=O) groups is 1. The summed E-state index contributed by atoms with van der Waals surface area (Å²) in [7, 11) is -1.94. The first-order valence-electron chi connectivity index (χ1n) is 9.25. The van der Waals surface area contributed by atoms with Crippen molar-refractivity contribution in [1.29, 1.82) is 0 Å². The normalized spacial score (nSPS) is 16.1. The number of hydrogen-bond donors (Lipinski definition) is 2. The number of piperidine rings is 1. The molecule has 0 unspecified atom stereocenters.